The summed E-state index contributed by atoms with van der Waals surface area (Å²) in [4.78, 5) is 0. The van der Waals surface area contributed by atoms with Gasteiger partial charge in [0.25, 0.3) is 0 Å². The molecule has 1 aromatic rings. The molecule has 2 unspecified atom stereocenters. The Morgan fingerprint density at radius 2 is 1.44 bits per heavy atom. The molecule has 0 saturated carbocycles. The Bertz CT molecular complexity index is 323. The second-order valence-electron chi connectivity index (χ2n) is 3.81. The first-order valence-electron chi connectivity index (χ1n) is 5.33. The van der Waals surface area contributed by atoms with E-state index in [4.69, 9.17) is 18.9 Å². The molecule has 0 aliphatic carbocycles. The highest BCUT2D eigenvalue weighted by Gasteiger charge is 2.25. The van der Waals surface area contributed by atoms with E-state index in [1.807, 2.05) is 0 Å². The summed E-state index contributed by atoms with van der Waals surface area (Å²) in [7, 11) is 0. The van der Waals surface area contributed by atoms with Crippen molar-refractivity contribution in [2.45, 2.75) is 12.2 Å². The van der Waals surface area contributed by atoms with Crippen LogP contribution in [0.2, 0.25) is 0 Å². The fourth-order valence-electron chi connectivity index (χ4n) is 1.26. The van der Waals surface area contributed by atoms with Crippen LogP contribution in [0.1, 0.15) is 0 Å². The van der Waals surface area contributed by atoms with Gasteiger partial charge in [-0.1, -0.05) is 0 Å². The fraction of sp³-hybridized carbons (Fsp3) is 0.500. The molecular formula is C12H12O4. The van der Waals surface area contributed by atoms with Gasteiger partial charge in [0.1, 0.15) is 25.4 Å². The summed E-state index contributed by atoms with van der Waals surface area (Å²) in [5.74, 6) is 1.19. The van der Waals surface area contributed by atoms with Crippen molar-refractivity contribution in [3.8, 4) is 11.5 Å². The molecule has 2 saturated heterocycles. The van der Waals surface area contributed by atoms with Crippen LogP contribution in [0.4, 0.5) is 0 Å². The first-order chi connectivity index (χ1) is 7.92. The predicted molar refractivity (Wildman–Crippen MR) is 54.6 cm³/mol. The number of rotatable bonds is 6. The lowest BCUT2D eigenvalue weighted by atomic mass is 10.3. The Morgan fingerprint density at radius 3 is 1.81 bits per heavy atom. The van der Waals surface area contributed by atoms with Gasteiger partial charge in [0, 0.05) is 12.1 Å². The monoisotopic (exact) mass is 220 g/mol. The van der Waals surface area contributed by atoms with Crippen LogP contribution in [0.5, 0.6) is 11.5 Å². The average molecular weight is 220 g/mol. The highest BCUT2D eigenvalue weighted by molar-refractivity contribution is 5.37. The number of benzene rings is 1. The van der Waals surface area contributed by atoms with E-state index < -0.39 is 0 Å². The zero-order chi connectivity index (χ0) is 10.8. The molecule has 2 aliphatic rings. The van der Waals surface area contributed by atoms with E-state index in [1.54, 1.807) is 12.1 Å². The number of epoxide rings is 2. The zero-order valence-electron chi connectivity index (χ0n) is 8.77. The molecule has 4 nitrogen and oxygen atoms in total. The summed E-state index contributed by atoms with van der Waals surface area (Å²) < 4.78 is 21.2. The van der Waals surface area contributed by atoms with Crippen molar-refractivity contribution in [3.05, 3.63) is 24.3 Å². The second-order valence-corrected chi connectivity index (χ2v) is 3.81. The summed E-state index contributed by atoms with van der Waals surface area (Å²) in [6, 6.07) is 9.49. The van der Waals surface area contributed by atoms with Gasteiger partial charge in [-0.25, -0.2) is 0 Å². The third kappa shape index (κ3) is 2.65. The normalized spacial score (nSPS) is 26.2. The van der Waals surface area contributed by atoms with E-state index in [0.717, 1.165) is 13.2 Å². The zero-order valence-corrected chi connectivity index (χ0v) is 8.77. The van der Waals surface area contributed by atoms with E-state index in [2.05, 4.69) is 12.1 Å². The molecule has 2 radical (unpaired) electrons. The third-order valence-electron chi connectivity index (χ3n) is 2.35. The van der Waals surface area contributed by atoms with Crippen molar-refractivity contribution in [3.63, 3.8) is 0 Å². The minimum Gasteiger partial charge on any atom is -0.486 e. The lowest BCUT2D eigenvalue weighted by Crippen LogP contribution is -2.08. The maximum atomic E-state index is 5.54. The van der Waals surface area contributed by atoms with E-state index in [-0.39, 0.29) is 12.2 Å². The smallest absolute Gasteiger partial charge is 0.169 e. The predicted octanol–water partition coefficient (Wildman–Crippen LogP) is 0.842. The molecule has 2 aliphatic heterocycles. The third-order valence-corrected chi connectivity index (χ3v) is 2.35. The summed E-state index contributed by atoms with van der Waals surface area (Å²) in [5, 5.41) is 0. The molecule has 2 fully saturated rings. The van der Waals surface area contributed by atoms with Crippen LogP contribution >= 0.6 is 0 Å². The molecule has 0 amide bonds. The Balaban J connectivity index is 1.58. The van der Waals surface area contributed by atoms with Crippen LogP contribution in [0.15, 0.2) is 12.1 Å². The van der Waals surface area contributed by atoms with E-state index in [0.29, 0.717) is 24.7 Å². The van der Waals surface area contributed by atoms with Crippen LogP contribution < -0.4 is 9.47 Å². The van der Waals surface area contributed by atoms with Gasteiger partial charge in [-0.05, 0) is 12.1 Å². The molecule has 0 spiro atoms. The fourth-order valence-corrected chi connectivity index (χ4v) is 1.26. The van der Waals surface area contributed by atoms with Crippen LogP contribution in [-0.2, 0) is 9.47 Å². The molecule has 0 N–H and O–H groups in total. The quantitative estimate of drug-likeness (QED) is 0.666. The van der Waals surface area contributed by atoms with Gasteiger partial charge in [-0.3, -0.25) is 0 Å². The van der Waals surface area contributed by atoms with E-state index >= 15 is 0 Å². The van der Waals surface area contributed by atoms with Crippen LogP contribution in [0, 0.1) is 12.1 Å². The molecule has 3 rings (SSSR count). The molecule has 0 aromatic heterocycles. The standard InChI is InChI=1S/C12H12O4/c1-2-4-12(16-8-10-6-14-10)11(3-1)15-7-9-5-13-9/h1-2,9-10H,5-8H2. The van der Waals surface area contributed by atoms with Crippen LogP contribution in [-0.4, -0.2) is 38.6 Å². The molecule has 2 heterocycles. The van der Waals surface area contributed by atoms with Crippen molar-refractivity contribution in [1.82, 2.24) is 0 Å². The summed E-state index contributed by atoms with van der Waals surface area (Å²) in [6.07, 6.45) is 0.460. The van der Waals surface area contributed by atoms with E-state index in [1.165, 1.54) is 0 Å². The number of hydrogen-bond acceptors (Lipinski definition) is 4. The minimum atomic E-state index is 0.230. The van der Waals surface area contributed by atoms with Crippen molar-refractivity contribution in [1.29, 1.82) is 0 Å². The van der Waals surface area contributed by atoms with Gasteiger partial charge >= 0.3 is 0 Å². The van der Waals surface area contributed by atoms with Crippen molar-refractivity contribution < 1.29 is 18.9 Å². The minimum absolute atomic E-state index is 0.230. The molecule has 84 valence electrons. The molecule has 1 aromatic carbocycles. The lowest BCUT2D eigenvalue weighted by molar-refractivity contribution is 0.227. The average Bonchev–Trinajstić information content (AvgIpc) is 3.17. The molecular weight excluding hydrogens is 208 g/mol. The summed E-state index contributed by atoms with van der Waals surface area (Å²) in [5.41, 5.74) is 0. The van der Waals surface area contributed by atoms with Crippen molar-refractivity contribution in [2.24, 2.45) is 0 Å². The topological polar surface area (TPSA) is 43.5 Å². The van der Waals surface area contributed by atoms with Crippen molar-refractivity contribution >= 4 is 0 Å². The van der Waals surface area contributed by atoms with Gasteiger partial charge < -0.3 is 18.9 Å². The second kappa shape index (κ2) is 4.31. The van der Waals surface area contributed by atoms with Crippen LogP contribution in [0.3, 0.4) is 0 Å². The molecule has 4 heteroatoms. The molecule has 0 bridgehead atoms. The molecule has 2 atom stereocenters. The Kier molecular flexibility index (Phi) is 2.68. The maximum Gasteiger partial charge on any atom is 0.169 e. The highest BCUT2D eigenvalue weighted by Crippen LogP contribution is 2.27. The number of ether oxygens (including phenoxy) is 4. The number of hydrogen-bond donors (Lipinski definition) is 0. The van der Waals surface area contributed by atoms with E-state index in [9.17, 15) is 0 Å². The first-order valence-corrected chi connectivity index (χ1v) is 5.33. The van der Waals surface area contributed by atoms with Crippen molar-refractivity contribution in [2.75, 3.05) is 26.4 Å². The largest absolute Gasteiger partial charge is 0.486 e. The van der Waals surface area contributed by atoms with Gasteiger partial charge in [-0.2, -0.15) is 0 Å². The Hall–Kier alpha value is -1.26. The Labute approximate surface area is 94.1 Å². The highest BCUT2D eigenvalue weighted by atomic mass is 16.6. The summed E-state index contributed by atoms with van der Waals surface area (Å²) in [6.45, 7) is 2.65. The molecule has 16 heavy (non-hydrogen) atoms. The van der Waals surface area contributed by atoms with Gasteiger partial charge in [-0.15, -0.1) is 0 Å². The van der Waals surface area contributed by atoms with Gasteiger partial charge in [0.2, 0.25) is 0 Å². The SMILES string of the molecule is [c]1cc[c]c(OCC2CO2)c1OCC1CO1. The lowest BCUT2D eigenvalue weighted by Gasteiger charge is -2.10. The summed E-state index contributed by atoms with van der Waals surface area (Å²) >= 11 is 0. The first kappa shape index (κ1) is 9.93. The maximum absolute atomic E-state index is 5.54. The van der Waals surface area contributed by atoms with Crippen LogP contribution in [0.25, 0.3) is 0 Å². The van der Waals surface area contributed by atoms with Gasteiger partial charge in [0.15, 0.2) is 11.5 Å². The van der Waals surface area contributed by atoms with Gasteiger partial charge in [0.05, 0.1) is 13.2 Å². The Morgan fingerprint density at radius 1 is 1.00 bits per heavy atom.